The third kappa shape index (κ3) is 7.17. The quantitative estimate of drug-likeness (QED) is 0.249. The molecule has 0 aliphatic heterocycles. The van der Waals surface area contributed by atoms with Gasteiger partial charge in [0.2, 0.25) is 0 Å². The van der Waals surface area contributed by atoms with E-state index in [-0.39, 0.29) is 59.1 Å². The van der Waals surface area contributed by atoms with Gasteiger partial charge < -0.3 is 19.8 Å². The Morgan fingerprint density at radius 3 is 1.67 bits per heavy atom. The van der Waals surface area contributed by atoms with E-state index < -0.39 is 24.3 Å². The molecular weight excluding hydrogens is 182 g/mol. The fourth-order valence-corrected chi connectivity index (χ4v) is 0.381. The summed E-state index contributed by atoms with van der Waals surface area (Å²) in [5.41, 5.74) is 0. The van der Waals surface area contributed by atoms with E-state index in [1.54, 1.807) is 0 Å². The van der Waals surface area contributed by atoms with Crippen molar-refractivity contribution in [3.05, 3.63) is 0 Å². The number of carbonyl (C=O) groups is 2. The van der Waals surface area contributed by atoms with E-state index >= 15 is 0 Å². The zero-order valence-electron chi connectivity index (χ0n) is 6.99. The van der Waals surface area contributed by atoms with Gasteiger partial charge in [-0.3, -0.25) is 0 Å². The van der Waals surface area contributed by atoms with E-state index in [0.717, 1.165) is 0 Å². The van der Waals surface area contributed by atoms with E-state index in [1.807, 2.05) is 5.92 Å². The molecule has 6 heteroatoms. The molecule has 0 radical (unpaired) electrons. The van der Waals surface area contributed by atoms with E-state index in [1.165, 1.54) is 0 Å². The molecule has 12 heavy (non-hydrogen) atoms. The van der Waals surface area contributed by atoms with E-state index in [9.17, 15) is 19.8 Å². The minimum atomic E-state index is -1.71. The van der Waals surface area contributed by atoms with Gasteiger partial charge in [-0.25, -0.2) is 0 Å². The molecule has 0 amide bonds. The Kier molecular flexibility index (Phi) is 14.6. The van der Waals surface area contributed by atoms with Crippen LogP contribution in [-0.2, 0) is 9.59 Å². The third-order valence-corrected chi connectivity index (χ3v) is 0.891. The maximum atomic E-state index is 9.90. The van der Waals surface area contributed by atoms with Gasteiger partial charge in [-0.2, -0.15) is 0 Å². The molecule has 0 aliphatic carbocycles. The predicted octanol–water partition coefficient (Wildman–Crippen LogP) is -8.87. The molecule has 54 valence electrons. The summed E-state index contributed by atoms with van der Waals surface area (Å²) >= 11 is 0. The largest absolute Gasteiger partial charge is 1.00 e. The van der Waals surface area contributed by atoms with Crippen molar-refractivity contribution in [1.82, 2.24) is 0 Å². The van der Waals surface area contributed by atoms with Crippen LogP contribution in [0.25, 0.3) is 0 Å². The first-order valence-electron chi connectivity index (χ1n) is 2.44. The van der Waals surface area contributed by atoms with Gasteiger partial charge in [0.1, 0.15) is 0 Å². The van der Waals surface area contributed by atoms with Crippen molar-refractivity contribution >= 4 is 11.9 Å². The van der Waals surface area contributed by atoms with Gasteiger partial charge >= 0.3 is 59.1 Å². The van der Waals surface area contributed by atoms with Crippen LogP contribution < -0.4 is 69.3 Å². The van der Waals surface area contributed by atoms with Gasteiger partial charge in [0.25, 0.3) is 0 Å². The molecular formula is C6H4Na2O4. The van der Waals surface area contributed by atoms with Crippen LogP contribution in [0.4, 0.5) is 0 Å². The Hall–Kier alpha value is 0.500. The molecule has 0 unspecified atom stereocenters. The van der Waals surface area contributed by atoms with Gasteiger partial charge in [0.05, 0.1) is 11.9 Å². The summed E-state index contributed by atoms with van der Waals surface area (Å²) in [4.78, 5) is 19.8. The van der Waals surface area contributed by atoms with Crippen LogP contribution in [0.5, 0.6) is 0 Å². The van der Waals surface area contributed by atoms with Gasteiger partial charge in [-0.15, -0.1) is 12.3 Å². The number of aliphatic carboxylic acids is 2. The van der Waals surface area contributed by atoms with Crippen molar-refractivity contribution in [1.29, 1.82) is 0 Å². The second-order valence-electron chi connectivity index (χ2n) is 1.60. The summed E-state index contributed by atoms with van der Waals surface area (Å²) < 4.78 is 0. The number of hydrogen-bond donors (Lipinski definition) is 0. The summed E-state index contributed by atoms with van der Waals surface area (Å²) in [5, 5.41) is 19.8. The summed E-state index contributed by atoms with van der Waals surface area (Å²) in [5.74, 6) is -3.22. The molecule has 0 aromatic rings. The normalized spacial score (nSPS) is 7.33. The number of rotatable bonds is 3. The zero-order chi connectivity index (χ0) is 8.15. The molecule has 0 aliphatic rings. The minimum absolute atomic E-state index is 0. The van der Waals surface area contributed by atoms with E-state index in [0.29, 0.717) is 0 Å². The Morgan fingerprint density at radius 2 is 1.58 bits per heavy atom. The maximum absolute atomic E-state index is 9.90. The zero-order valence-corrected chi connectivity index (χ0v) is 11.0. The maximum Gasteiger partial charge on any atom is 1.00 e. The van der Waals surface area contributed by atoms with Crippen LogP contribution in [0.15, 0.2) is 0 Å². The van der Waals surface area contributed by atoms with Crippen molar-refractivity contribution < 1.29 is 78.9 Å². The molecule has 0 heterocycles. The van der Waals surface area contributed by atoms with Crippen molar-refractivity contribution in [2.45, 2.75) is 6.42 Å². The number of hydrogen-bond acceptors (Lipinski definition) is 4. The Labute approximate surface area is 114 Å². The molecule has 0 N–H and O–H groups in total. The summed E-state index contributed by atoms with van der Waals surface area (Å²) in [6.07, 6.45) is 4.27. The van der Waals surface area contributed by atoms with Gasteiger partial charge in [0, 0.05) is 12.3 Å². The summed E-state index contributed by atoms with van der Waals surface area (Å²) in [6, 6.07) is 0. The van der Waals surface area contributed by atoms with E-state index in [4.69, 9.17) is 0 Å². The first kappa shape index (κ1) is 18.3. The van der Waals surface area contributed by atoms with Crippen LogP contribution in [0.3, 0.4) is 0 Å². The van der Waals surface area contributed by atoms with Crippen LogP contribution in [0.1, 0.15) is 6.42 Å². The summed E-state index contributed by atoms with van der Waals surface area (Å²) in [7, 11) is 0. The fraction of sp³-hybridized carbons (Fsp3) is 0.333. The van der Waals surface area contributed by atoms with Crippen LogP contribution >= 0.6 is 0 Å². The predicted molar refractivity (Wildman–Crippen MR) is 27.0 cm³/mol. The summed E-state index contributed by atoms with van der Waals surface area (Å²) in [6.45, 7) is 0. The number of carboxylic acids is 2. The monoisotopic (exact) mass is 186 g/mol. The first-order valence-corrected chi connectivity index (χ1v) is 2.44. The minimum Gasteiger partial charge on any atom is -0.549 e. The average molecular weight is 186 g/mol. The number of carbonyl (C=O) groups excluding carboxylic acids is 2. The van der Waals surface area contributed by atoms with E-state index in [2.05, 4.69) is 6.42 Å². The van der Waals surface area contributed by atoms with Crippen LogP contribution in [-0.4, -0.2) is 11.9 Å². The third-order valence-electron chi connectivity index (χ3n) is 0.891. The first-order chi connectivity index (χ1) is 4.59. The van der Waals surface area contributed by atoms with Gasteiger partial charge in [-0.1, -0.05) is 0 Å². The Balaban J connectivity index is -0.000000405. The molecule has 0 rings (SSSR count). The molecule has 0 aromatic heterocycles. The van der Waals surface area contributed by atoms with Crippen molar-refractivity contribution in [3.8, 4) is 12.3 Å². The Morgan fingerprint density at radius 1 is 1.25 bits per heavy atom. The topological polar surface area (TPSA) is 80.3 Å². The smallest absolute Gasteiger partial charge is 0.549 e. The standard InChI is InChI=1S/C6H6O4.2Na/c1-2-3-4(5(7)8)6(9)10;;/h1,4H,3H2,(H,7,8)(H,9,10);;/q;2*+1/p-2. The van der Waals surface area contributed by atoms with Gasteiger partial charge in [-0.05, 0) is 0 Å². The number of terminal acetylenes is 1. The van der Waals surface area contributed by atoms with Crippen molar-refractivity contribution in [3.63, 3.8) is 0 Å². The van der Waals surface area contributed by atoms with Crippen LogP contribution in [0, 0.1) is 18.3 Å². The molecule has 0 saturated heterocycles. The SMILES string of the molecule is C#CCC(C(=O)[O-])C(=O)[O-].[Na+].[Na+]. The second-order valence-corrected chi connectivity index (χ2v) is 1.60. The average Bonchev–Trinajstić information content (AvgIpc) is 1.81. The van der Waals surface area contributed by atoms with Crippen molar-refractivity contribution in [2.24, 2.45) is 5.92 Å². The molecule has 0 saturated carbocycles. The molecule has 4 nitrogen and oxygen atoms in total. The number of carboxylic acid groups (broad SMARTS) is 2. The Bertz CT molecular complexity index is 182. The molecule has 0 spiro atoms. The van der Waals surface area contributed by atoms with Gasteiger partial charge in [0.15, 0.2) is 0 Å². The second kappa shape index (κ2) is 9.59. The molecule has 0 bridgehead atoms. The fourth-order valence-electron chi connectivity index (χ4n) is 0.381. The molecule has 0 fully saturated rings. The molecule has 0 aromatic carbocycles. The van der Waals surface area contributed by atoms with Crippen LogP contribution in [0.2, 0.25) is 0 Å². The van der Waals surface area contributed by atoms with Crippen molar-refractivity contribution in [2.75, 3.05) is 0 Å². The molecule has 0 atom stereocenters.